The van der Waals surface area contributed by atoms with Crippen LogP contribution in [-0.4, -0.2) is 0 Å². The highest BCUT2D eigenvalue weighted by Gasteiger charge is 2.36. The van der Waals surface area contributed by atoms with Crippen LogP contribution in [0.1, 0.15) is 62.9 Å². The molecular weight excluding hydrogens is 601 g/mol. The Kier molecular flexibility index (Phi) is 7.21. The van der Waals surface area contributed by atoms with Crippen LogP contribution >= 0.6 is 0 Å². The van der Waals surface area contributed by atoms with Crippen LogP contribution in [0.25, 0.3) is 77.2 Å². The average Bonchev–Trinajstić information content (AvgIpc) is 3.67. The molecule has 9 rings (SSSR count). The summed E-state index contributed by atoms with van der Waals surface area (Å²) in [7, 11) is 0. The number of fused-ring (bicyclic) bond motifs is 4. The first-order valence-electron chi connectivity index (χ1n) is 17.3. The standard InChI is InChI=1S/C49H38.CH4/c1-7-9-14-33-29(3)35-17-12-18-41-37(24-25-43(33)47(35)41)32-21-22-34-30(4)45(49(5,6)46(34)28-32)27-31(8-2)36-23-26-44-39-16-11-10-15-38(39)42-20-13-19-40(36)48(42)44;/h7-28H,1-2H2,3-6H3;1H4/b14-9-,31-27+;. The Bertz CT molecular complexity index is 2580. The van der Waals surface area contributed by atoms with Gasteiger partial charge >= 0.3 is 0 Å². The highest BCUT2D eigenvalue weighted by Crippen LogP contribution is 2.52. The molecule has 6 aromatic carbocycles. The first-order chi connectivity index (χ1) is 23.8. The molecule has 242 valence electrons. The van der Waals surface area contributed by atoms with E-state index in [2.05, 4.69) is 156 Å². The maximum absolute atomic E-state index is 4.33. The van der Waals surface area contributed by atoms with Crippen LogP contribution in [0, 0.1) is 0 Å². The van der Waals surface area contributed by atoms with Crippen LogP contribution in [0.2, 0.25) is 0 Å². The third-order valence-electron chi connectivity index (χ3n) is 11.4. The van der Waals surface area contributed by atoms with E-state index < -0.39 is 0 Å². The van der Waals surface area contributed by atoms with Crippen molar-refractivity contribution in [3.05, 3.63) is 180 Å². The first kappa shape index (κ1) is 31.5. The number of rotatable bonds is 6. The molecular formula is C50H42. The fraction of sp³-hybridized carbons (Fsp3) is 0.120. The van der Waals surface area contributed by atoms with E-state index in [1.54, 1.807) is 0 Å². The molecule has 0 unspecified atom stereocenters. The summed E-state index contributed by atoms with van der Waals surface area (Å²) >= 11 is 0. The van der Waals surface area contributed by atoms with Crippen LogP contribution in [0.4, 0.5) is 0 Å². The Balaban J connectivity index is 0.00000361. The minimum absolute atomic E-state index is 0. The Hall–Kier alpha value is -5.72. The summed E-state index contributed by atoms with van der Waals surface area (Å²) < 4.78 is 0. The monoisotopic (exact) mass is 642 g/mol. The third kappa shape index (κ3) is 4.24. The van der Waals surface area contributed by atoms with E-state index in [0.29, 0.717) is 0 Å². The molecule has 0 radical (unpaired) electrons. The van der Waals surface area contributed by atoms with Gasteiger partial charge < -0.3 is 0 Å². The first-order valence-corrected chi connectivity index (χ1v) is 17.3. The van der Waals surface area contributed by atoms with Crippen molar-refractivity contribution in [2.45, 2.75) is 40.5 Å². The van der Waals surface area contributed by atoms with Crippen molar-refractivity contribution in [3.8, 4) is 33.4 Å². The lowest BCUT2D eigenvalue weighted by atomic mass is 9.79. The number of hydrogen-bond donors (Lipinski definition) is 0. The minimum Gasteiger partial charge on any atom is -0.0991 e. The Labute approximate surface area is 296 Å². The fourth-order valence-corrected chi connectivity index (χ4v) is 8.99. The molecule has 3 aliphatic carbocycles. The van der Waals surface area contributed by atoms with E-state index in [-0.39, 0.29) is 12.8 Å². The molecule has 0 aromatic heterocycles. The summed E-state index contributed by atoms with van der Waals surface area (Å²) in [6, 6.07) is 38.6. The van der Waals surface area contributed by atoms with Gasteiger partial charge in [0.25, 0.3) is 0 Å². The van der Waals surface area contributed by atoms with E-state index in [1.165, 1.54) is 105 Å². The Morgan fingerprint density at radius 3 is 1.96 bits per heavy atom. The van der Waals surface area contributed by atoms with E-state index in [9.17, 15) is 0 Å². The molecule has 50 heavy (non-hydrogen) atoms. The molecule has 0 nitrogen and oxygen atoms in total. The zero-order chi connectivity index (χ0) is 33.6. The normalized spacial score (nSPS) is 15.2. The van der Waals surface area contributed by atoms with Gasteiger partial charge in [-0.25, -0.2) is 0 Å². The Morgan fingerprint density at radius 2 is 1.22 bits per heavy atom. The molecule has 6 aromatic rings. The molecule has 0 fully saturated rings. The smallest absolute Gasteiger partial charge is 0.0155 e. The van der Waals surface area contributed by atoms with Crippen molar-refractivity contribution in [1.82, 2.24) is 0 Å². The van der Waals surface area contributed by atoms with Gasteiger partial charge in [-0.1, -0.05) is 156 Å². The van der Waals surface area contributed by atoms with Crippen LogP contribution in [0.15, 0.2) is 152 Å². The molecule has 0 atom stereocenters. The van der Waals surface area contributed by atoms with Crippen LogP contribution in [0.5, 0.6) is 0 Å². The SMILES string of the molecule is C.C=C/C=C\C1=C(C)c2cccc3c(-c4ccc5c(c4)C(C)(C)C(/C=C(\C=C)c4ccc6c7c(cccc47)-c4ccccc4-6)=C5C)ccc1c23. The molecule has 0 N–H and O–H groups in total. The third-order valence-corrected chi connectivity index (χ3v) is 11.4. The highest BCUT2D eigenvalue weighted by molar-refractivity contribution is 6.19. The zero-order valence-electron chi connectivity index (χ0n) is 28.6. The number of allylic oxidation sites excluding steroid dienone is 10. The lowest BCUT2D eigenvalue weighted by molar-refractivity contribution is 0.654. The highest BCUT2D eigenvalue weighted by atomic mass is 14.4. The van der Waals surface area contributed by atoms with Crippen molar-refractivity contribution < 1.29 is 0 Å². The molecule has 0 amide bonds. The largest absolute Gasteiger partial charge is 0.0991 e. The lowest BCUT2D eigenvalue weighted by Gasteiger charge is -2.24. The second kappa shape index (κ2) is 11.4. The predicted octanol–water partition coefficient (Wildman–Crippen LogP) is 14.3. The molecule has 0 saturated carbocycles. The average molecular weight is 643 g/mol. The second-order valence-electron chi connectivity index (χ2n) is 14.2. The minimum atomic E-state index is -0.176. The quantitative estimate of drug-likeness (QED) is 0.158. The summed E-state index contributed by atoms with van der Waals surface area (Å²) in [6.07, 6.45) is 10.5. The molecule has 0 aliphatic heterocycles. The molecule has 3 aliphatic rings. The van der Waals surface area contributed by atoms with Gasteiger partial charge in [-0.2, -0.15) is 0 Å². The number of benzene rings is 6. The van der Waals surface area contributed by atoms with Crippen LogP contribution < -0.4 is 0 Å². The maximum Gasteiger partial charge on any atom is 0.0155 e. The van der Waals surface area contributed by atoms with Gasteiger partial charge in [-0.05, 0) is 137 Å². The van der Waals surface area contributed by atoms with Gasteiger partial charge in [0.1, 0.15) is 0 Å². The van der Waals surface area contributed by atoms with Crippen molar-refractivity contribution in [3.63, 3.8) is 0 Å². The summed E-state index contributed by atoms with van der Waals surface area (Å²) in [5, 5.41) is 5.28. The molecule has 0 heterocycles. The van der Waals surface area contributed by atoms with Crippen molar-refractivity contribution in [1.29, 1.82) is 0 Å². The van der Waals surface area contributed by atoms with Gasteiger partial charge in [0, 0.05) is 5.41 Å². The van der Waals surface area contributed by atoms with E-state index in [4.69, 9.17) is 0 Å². The summed E-state index contributed by atoms with van der Waals surface area (Å²) in [5.74, 6) is 0. The molecule has 0 bridgehead atoms. The summed E-state index contributed by atoms with van der Waals surface area (Å²) in [4.78, 5) is 0. The van der Waals surface area contributed by atoms with Crippen LogP contribution in [0.3, 0.4) is 0 Å². The topological polar surface area (TPSA) is 0 Å². The second-order valence-corrected chi connectivity index (χ2v) is 14.2. The van der Waals surface area contributed by atoms with Gasteiger partial charge in [0.05, 0.1) is 0 Å². The Morgan fingerprint density at radius 1 is 0.600 bits per heavy atom. The fourth-order valence-electron chi connectivity index (χ4n) is 8.99. The van der Waals surface area contributed by atoms with E-state index in [1.807, 2.05) is 18.2 Å². The number of hydrogen-bond acceptors (Lipinski definition) is 0. The summed E-state index contributed by atoms with van der Waals surface area (Å²) in [6.45, 7) is 17.5. The maximum atomic E-state index is 4.33. The van der Waals surface area contributed by atoms with E-state index >= 15 is 0 Å². The van der Waals surface area contributed by atoms with Gasteiger partial charge in [0.15, 0.2) is 0 Å². The van der Waals surface area contributed by atoms with Gasteiger partial charge in [0.2, 0.25) is 0 Å². The van der Waals surface area contributed by atoms with Crippen molar-refractivity contribution in [2.24, 2.45) is 0 Å². The zero-order valence-corrected chi connectivity index (χ0v) is 28.6. The van der Waals surface area contributed by atoms with Gasteiger partial charge in [-0.15, -0.1) is 0 Å². The summed E-state index contributed by atoms with van der Waals surface area (Å²) in [5.41, 5.74) is 20.7. The molecule has 0 saturated heterocycles. The van der Waals surface area contributed by atoms with Crippen molar-refractivity contribution in [2.75, 3.05) is 0 Å². The van der Waals surface area contributed by atoms with E-state index in [0.717, 1.165) is 5.57 Å². The predicted molar refractivity (Wildman–Crippen MR) is 220 cm³/mol. The molecule has 0 spiro atoms. The molecule has 0 heteroatoms. The lowest BCUT2D eigenvalue weighted by Crippen LogP contribution is -2.16. The van der Waals surface area contributed by atoms with Crippen LogP contribution in [-0.2, 0) is 5.41 Å². The van der Waals surface area contributed by atoms with Gasteiger partial charge in [-0.3, -0.25) is 0 Å². The van der Waals surface area contributed by atoms with Crippen molar-refractivity contribution >= 4 is 43.8 Å².